The number of halogens is 3. The zero-order valence-corrected chi connectivity index (χ0v) is 13.2. The predicted molar refractivity (Wildman–Crippen MR) is 85.5 cm³/mol. The van der Waals surface area contributed by atoms with Crippen LogP contribution in [0, 0.1) is 6.92 Å². The Morgan fingerprint density at radius 3 is 2.57 bits per heavy atom. The van der Waals surface area contributed by atoms with Crippen LogP contribution in [0.1, 0.15) is 30.1 Å². The summed E-state index contributed by atoms with van der Waals surface area (Å²) in [6.45, 7) is 5.16. The lowest BCUT2D eigenvalue weighted by atomic mass is 9.96. The number of nitrogens with one attached hydrogen (secondary N) is 2. The molecule has 126 valence electrons. The fourth-order valence-electron chi connectivity index (χ4n) is 3.53. The summed E-state index contributed by atoms with van der Waals surface area (Å²) in [5.41, 5.74) is 2.98. The van der Waals surface area contributed by atoms with Gasteiger partial charge in [0.1, 0.15) is 0 Å². The molecule has 1 saturated heterocycles. The third-order valence-corrected chi connectivity index (χ3v) is 4.57. The summed E-state index contributed by atoms with van der Waals surface area (Å²) >= 11 is 0. The van der Waals surface area contributed by atoms with Crippen LogP contribution in [0.3, 0.4) is 0 Å². The van der Waals surface area contributed by atoms with Crippen LogP contribution in [0.25, 0.3) is 10.9 Å². The van der Waals surface area contributed by atoms with Gasteiger partial charge >= 0.3 is 6.18 Å². The first-order chi connectivity index (χ1) is 11.0. The van der Waals surface area contributed by atoms with E-state index in [0.717, 1.165) is 48.3 Å². The minimum atomic E-state index is -4.12. The SMILES string of the molecule is Cc1[nH]c2ccccc2c1[C@H](CCC(F)(F)F)N1CCNCC1. The van der Waals surface area contributed by atoms with Crippen molar-refractivity contribution in [1.29, 1.82) is 0 Å². The highest BCUT2D eigenvalue weighted by atomic mass is 19.4. The van der Waals surface area contributed by atoms with Crippen molar-refractivity contribution in [3.8, 4) is 0 Å². The number of aromatic nitrogens is 1. The zero-order valence-electron chi connectivity index (χ0n) is 13.2. The maximum absolute atomic E-state index is 12.8. The maximum Gasteiger partial charge on any atom is 0.389 e. The van der Waals surface area contributed by atoms with Gasteiger partial charge in [0.15, 0.2) is 0 Å². The number of rotatable bonds is 4. The zero-order chi connectivity index (χ0) is 16.4. The Morgan fingerprint density at radius 2 is 1.87 bits per heavy atom. The number of nitrogens with zero attached hydrogens (tertiary/aromatic N) is 1. The molecule has 1 aliphatic rings. The highest BCUT2D eigenvalue weighted by molar-refractivity contribution is 5.85. The van der Waals surface area contributed by atoms with Crippen LogP contribution < -0.4 is 5.32 Å². The number of para-hydroxylation sites is 1. The molecule has 3 nitrogen and oxygen atoms in total. The first-order valence-corrected chi connectivity index (χ1v) is 8.04. The van der Waals surface area contributed by atoms with Gasteiger partial charge in [-0.3, -0.25) is 4.90 Å². The molecule has 2 aromatic rings. The maximum atomic E-state index is 12.8. The van der Waals surface area contributed by atoms with Gasteiger partial charge in [0.2, 0.25) is 0 Å². The number of fused-ring (bicyclic) bond motifs is 1. The van der Waals surface area contributed by atoms with Gasteiger partial charge in [-0.25, -0.2) is 0 Å². The van der Waals surface area contributed by atoms with E-state index in [9.17, 15) is 13.2 Å². The molecule has 2 N–H and O–H groups in total. The highest BCUT2D eigenvalue weighted by Gasteiger charge is 2.32. The average molecular weight is 325 g/mol. The largest absolute Gasteiger partial charge is 0.389 e. The van der Waals surface area contributed by atoms with Crippen LogP contribution in [-0.4, -0.2) is 42.2 Å². The van der Waals surface area contributed by atoms with Crippen LogP contribution in [0.2, 0.25) is 0 Å². The lowest BCUT2D eigenvalue weighted by molar-refractivity contribution is -0.138. The number of benzene rings is 1. The monoisotopic (exact) mass is 325 g/mol. The normalized spacial score (nSPS) is 18.4. The molecule has 1 atom stereocenters. The molecule has 0 unspecified atom stereocenters. The highest BCUT2D eigenvalue weighted by Crippen LogP contribution is 2.37. The summed E-state index contributed by atoms with van der Waals surface area (Å²) in [4.78, 5) is 5.51. The number of hydrogen-bond acceptors (Lipinski definition) is 2. The van der Waals surface area contributed by atoms with E-state index in [1.807, 2.05) is 31.2 Å². The molecular formula is C17H22F3N3. The second kappa shape index (κ2) is 6.53. The van der Waals surface area contributed by atoms with Crippen molar-refractivity contribution in [2.75, 3.05) is 26.2 Å². The molecule has 0 aliphatic carbocycles. The molecule has 0 spiro atoms. The summed E-state index contributed by atoms with van der Waals surface area (Å²) in [6, 6.07) is 7.66. The van der Waals surface area contributed by atoms with E-state index in [1.165, 1.54) is 0 Å². The van der Waals surface area contributed by atoms with Crippen molar-refractivity contribution in [3.63, 3.8) is 0 Å². The van der Waals surface area contributed by atoms with Crippen LogP contribution in [0.5, 0.6) is 0 Å². The van der Waals surface area contributed by atoms with Crippen molar-refractivity contribution >= 4 is 10.9 Å². The Kier molecular flexibility index (Phi) is 4.64. The minimum absolute atomic E-state index is 0.103. The van der Waals surface area contributed by atoms with Crippen LogP contribution in [-0.2, 0) is 0 Å². The second-order valence-corrected chi connectivity index (χ2v) is 6.16. The van der Waals surface area contributed by atoms with E-state index < -0.39 is 12.6 Å². The van der Waals surface area contributed by atoms with E-state index in [0.29, 0.717) is 0 Å². The summed E-state index contributed by atoms with van der Waals surface area (Å²) in [7, 11) is 0. The number of alkyl halides is 3. The summed E-state index contributed by atoms with van der Waals surface area (Å²) < 4.78 is 38.4. The Labute approximate surface area is 133 Å². The molecule has 0 amide bonds. The number of aromatic amines is 1. The second-order valence-electron chi connectivity index (χ2n) is 6.16. The van der Waals surface area contributed by atoms with E-state index in [-0.39, 0.29) is 12.5 Å². The molecule has 0 bridgehead atoms. The molecule has 6 heteroatoms. The van der Waals surface area contributed by atoms with Gasteiger partial charge in [0.25, 0.3) is 0 Å². The molecule has 1 aliphatic heterocycles. The number of aryl methyl sites for hydroxylation is 1. The summed E-state index contributed by atoms with van der Waals surface area (Å²) in [6.07, 6.45) is -4.76. The predicted octanol–water partition coefficient (Wildman–Crippen LogP) is 3.77. The molecule has 2 heterocycles. The lowest BCUT2D eigenvalue weighted by Crippen LogP contribution is -2.45. The fourth-order valence-corrected chi connectivity index (χ4v) is 3.53. The van der Waals surface area contributed by atoms with E-state index in [1.54, 1.807) is 0 Å². The van der Waals surface area contributed by atoms with Gasteiger partial charge in [0.05, 0.1) is 0 Å². The third kappa shape index (κ3) is 3.70. The van der Waals surface area contributed by atoms with E-state index in [2.05, 4.69) is 15.2 Å². The molecule has 0 saturated carbocycles. The number of H-pyrrole nitrogens is 1. The lowest BCUT2D eigenvalue weighted by Gasteiger charge is -2.35. The molecule has 1 fully saturated rings. The molecule has 0 radical (unpaired) electrons. The Balaban J connectivity index is 1.96. The smallest absolute Gasteiger partial charge is 0.358 e. The number of piperazine rings is 1. The molecule has 3 rings (SSSR count). The van der Waals surface area contributed by atoms with Gasteiger partial charge in [0, 0.05) is 55.2 Å². The van der Waals surface area contributed by atoms with E-state index >= 15 is 0 Å². The van der Waals surface area contributed by atoms with Crippen LogP contribution in [0.4, 0.5) is 13.2 Å². The molecule has 23 heavy (non-hydrogen) atoms. The van der Waals surface area contributed by atoms with Gasteiger partial charge in [-0.05, 0) is 25.0 Å². The van der Waals surface area contributed by atoms with Crippen molar-refractivity contribution in [2.45, 2.75) is 32.0 Å². The average Bonchev–Trinajstić information content (AvgIpc) is 2.84. The van der Waals surface area contributed by atoms with Gasteiger partial charge in [-0.1, -0.05) is 18.2 Å². The summed E-state index contributed by atoms with van der Waals surface area (Å²) in [5, 5.41) is 4.30. The Morgan fingerprint density at radius 1 is 1.17 bits per heavy atom. The standard InChI is InChI=1S/C17H22F3N3/c1-12-16(13-4-2-3-5-14(13)22-12)15(6-7-17(18,19)20)23-10-8-21-9-11-23/h2-5,15,21-22H,6-11H2,1H3/t15-/m0/s1. The van der Waals surface area contributed by atoms with Crippen molar-refractivity contribution in [3.05, 3.63) is 35.5 Å². The van der Waals surface area contributed by atoms with Crippen molar-refractivity contribution in [2.24, 2.45) is 0 Å². The Bertz CT molecular complexity index is 657. The van der Waals surface area contributed by atoms with Gasteiger partial charge < -0.3 is 10.3 Å². The van der Waals surface area contributed by atoms with Crippen LogP contribution >= 0.6 is 0 Å². The van der Waals surface area contributed by atoms with Gasteiger partial charge in [-0.2, -0.15) is 13.2 Å². The quantitative estimate of drug-likeness (QED) is 0.897. The van der Waals surface area contributed by atoms with Crippen molar-refractivity contribution in [1.82, 2.24) is 15.2 Å². The topological polar surface area (TPSA) is 31.1 Å². The summed E-state index contributed by atoms with van der Waals surface area (Å²) in [5.74, 6) is 0. The first kappa shape index (κ1) is 16.3. The Hall–Kier alpha value is -1.53. The first-order valence-electron chi connectivity index (χ1n) is 8.04. The molecule has 1 aromatic heterocycles. The third-order valence-electron chi connectivity index (χ3n) is 4.57. The van der Waals surface area contributed by atoms with Crippen LogP contribution in [0.15, 0.2) is 24.3 Å². The molecular weight excluding hydrogens is 303 g/mol. The van der Waals surface area contributed by atoms with Crippen molar-refractivity contribution < 1.29 is 13.2 Å². The molecule has 1 aromatic carbocycles. The number of hydrogen-bond donors (Lipinski definition) is 2. The van der Waals surface area contributed by atoms with E-state index in [4.69, 9.17) is 0 Å². The minimum Gasteiger partial charge on any atom is -0.358 e. The fraction of sp³-hybridized carbons (Fsp3) is 0.529. The van der Waals surface area contributed by atoms with Gasteiger partial charge in [-0.15, -0.1) is 0 Å².